The van der Waals surface area contributed by atoms with E-state index in [9.17, 15) is 9.59 Å². The van der Waals surface area contributed by atoms with Gasteiger partial charge in [-0.2, -0.15) is 0 Å². The van der Waals surface area contributed by atoms with E-state index in [0.717, 1.165) is 17.7 Å². The summed E-state index contributed by atoms with van der Waals surface area (Å²) in [5, 5.41) is 5.69. The highest BCUT2D eigenvalue weighted by Gasteiger charge is 2.26. The fourth-order valence-electron chi connectivity index (χ4n) is 2.42. The molecule has 1 aromatic rings. The molecule has 2 rings (SSSR count). The molecule has 1 aromatic carbocycles. The quantitative estimate of drug-likeness (QED) is 0.787. The maximum Gasteiger partial charge on any atom is 0.321 e. The minimum Gasteiger partial charge on any atom is -0.352 e. The van der Waals surface area contributed by atoms with Crippen molar-refractivity contribution in [3.05, 3.63) is 29.8 Å². The molecule has 0 radical (unpaired) electrons. The zero-order valence-electron chi connectivity index (χ0n) is 12.4. The van der Waals surface area contributed by atoms with Crippen LogP contribution in [0.2, 0.25) is 0 Å². The summed E-state index contributed by atoms with van der Waals surface area (Å²) >= 11 is 0. The Kier molecular flexibility index (Phi) is 4.80. The molecule has 0 bridgehead atoms. The number of nitrogens with one attached hydrogen (secondary N) is 2. The molecule has 1 saturated heterocycles. The van der Waals surface area contributed by atoms with Crippen LogP contribution in [0, 0.1) is 0 Å². The lowest BCUT2D eigenvalue weighted by Crippen LogP contribution is -2.38. The average molecular weight is 290 g/mol. The van der Waals surface area contributed by atoms with Crippen molar-refractivity contribution in [1.82, 2.24) is 10.2 Å². The predicted molar refractivity (Wildman–Crippen MR) is 81.9 cm³/mol. The van der Waals surface area contributed by atoms with E-state index in [-0.39, 0.29) is 24.0 Å². The van der Waals surface area contributed by atoms with E-state index in [4.69, 9.17) is 5.73 Å². The summed E-state index contributed by atoms with van der Waals surface area (Å²) in [5.41, 5.74) is 7.56. The van der Waals surface area contributed by atoms with Crippen LogP contribution >= 0.6 is 0 Å². The summed E-state index contributed by atoms with van der Waals surface area (Å²) in [6.45, 7) is 4.60. The maximum absolute atomic E-state index is 12.1. The van der Waals surface area contributed by atoms with Gasteiger partial charge in [-0.25, -0.2) is 4.79 Å². The highest BCUT2D eigenvalue weighted by molar-refractivity contribution is 5.89. The lowest BCUT2D eigenvalue weighted by atomic mass is 10.1. The second-order valence-electron chi connectivity index (χ2n) is 5.47. The first kappa shape index (κ1) is 15.3. The molecule has 21 heavy (non-hydrogen) atoms. The first-order chi connectivity index (χ1) is 9.95. The van der Waals surface area contributed by atoms with E-state index in [1.807, 2.05) is 31.2 Å². The van der Waals surface area contributed by atoms with Gasteiger partial charge in [-0.3, -0.25) is 4.79 Å². The highest BCUT2D eigenvalue weighted by atomic mass is 16.2. The third-order valence-electron chi connectivity index (χ3n) is 3.57. The molecular weight excluding hydrogens is 268 g/mol. The van der Waals surface area contributed by atoms with Gasteiger partial charge in [0.05, 0.1) is 0 Å². The molecule has 0 aromatic heterocycles. The first-order valence-corrected chi connectivity index (χ1v) is 7.14. The molecule has 2 unspecified atom stereocenters. The van der Waals surface area contributed by atoms with Gasteiger partial charge in [0.25, 0.3) is 0 Å². The number of nitrogens with two attached hydrogens (primary N) is 1. The molecule has 0 aliphatic carbocycles. The average Bonchev–Trinajstić information content (AvgIpc) is 2.87. The number of carbonyl (C=O) groups is 2. The van der Waals surface area contributed by atoms with Crippen LogP contribution in [-0.4, -0.2) is 36.0 Å². The number of rotatable bonds is 3. The van der Waals surface area contributed by atoms with E-state index < -0.39 is 0 Å². The van der Waals surface area contributed by atoms with Gasteiger partial charge in [-0.1, -0.05) is 12.1 Å². The maximum atomic E-state index is 12.1. The van der Waals surface area contributed by atoms with Gasteiger partial charge in [-0.05, 0) is 31.0 Å². The van der Waals surface area contributed by atoms with Crippen LogP contribution in [-0.2, 0) is 4.79 Å². The second-order valence-corrected chi connectivity index (χ2v) is 5.47. The van der Waals surface area contributed by atoms with Gasteiger partial charge in [0.2, 0.25) is 5.91 Å². The Bertz CT molecular complexity index is 513. The number of amides is 3. The Hall–Kier alpha value is -2.08. The summed E-state index contributed by atoms with van der Waals surface area (Å²) in [5.74, 6) is -0.0613. The van der Waals surface area contributed by atoms with Crippen molar-refractivity contribution in [2.45, 2.75) is 32.4 Å². The van der Waals surface area contributed by atoms with Crippen molar-refractivity contribution >= 4 is 17.6 Å². The second kappa shape index (κ2) is 6.58. The van der Waals surface area contributed by atoms with Crippen molar-refractivity contribution in [2.75, 3.05) is 18.4 Å². The van der Waals surface area contributed by atoms with Gasteiger partial charge in [0, 0.05) is 37.8 Å². The Labute approximate surface area is 124 Å². The monoisotopic (exact) mass is 290 g/mol. The molecule has 4 N–H and O–H groups in total. The van der Waals surface area contributed by atoms with Gasteiger partial charge in [0.1, 0.15) is 0 Å². The number of benzene rings is 1. The molecule has 114 valence electrons. The van der Waals surface area contributed by atoms with Gasteiger partial charge < -0.3 is 21.3 Å². The molecule has 1 aliphatic rings. The molecule has 0 saturated carbocycles. The van der Waals surface area contributed by atoms with Crippen LogP contribution in [0.3, 0.4) is 0 Å². The number of carbonyl (C=O) groups excluding carboxylic acids is 2. The Balaban J connectivity index is 1.88. The molecule has 0 spiro atoms. The summed E-state index contributed by atoms with van der Waals surface area (Å²) < 4.78 is 0. The van der Waals surface area contributed by atoms with Crippen LogP contribution in [0.5, 0.6) is 0 Å². The van der Waals surface area contributed by atoms with Crippen LogP contribution in [0.4, 0.5) is 10.5 Å². The fraction of sp³-hybridized carbons (Fsp3) is 0.467. The van der Waals surface area contributed by atoms with Crippen molar-refractivity contribution in [3.63, 3.8) is 0 Å². The minimum atomic E-state index is -0.142. The van der Waals surface area contributed by atoms with Gasteiger partial charge in [-0.15, -0.1) is 0 Å². The lowest BCUT2D eigenvalue weighted by Gasteiger charge is -2.18. The number of hydrogen-bond donors (Lipinski definition) is 3. The van der Waals surface area contributed by atoms with Crippen LogP contribution < -0.4 is 16.4 Å². The fourth-order valence-corrected chi connectivity index (χ4v) is 2.42. The number of urea groups is 1. The molecule has 1 fully saturated rings. The van der Waals surface area contributed by atoms with Crippen LogP contribution in [0.15, 0.2) is 24.3 Å². The van der Waals surface area contributed by atoms with E-state index in [2.05, 4.69) is 10.6 Å². The summed E-state index contributed by atoms with van der Waals surface area (Å²) in [4.78, 5) is 24.9. The number of hydrogen-bond acceptors (Lipinski definition) is 3. The first-order valence-electron chi connectivity index (χ1n) is 7.14. The van der Waals surface area contributed by atoms with Crippen molar-refractivity contribution in [3.8, 4) is 0 Å². The molecule has 2 atom stereocenters. The zero-order valence-corrected chi connectivity index (χ0v) is 12.4. The van der Waals surface area contributed by atoms with Crippen LogP contribution in [0.1, 0.15) is 31.9 Å². The normalized spacial score (nSPS) is 19.2. The lowest BCUT2D eigenvalue weighted by molar-refractivity contribution is -0.119. The van der Waals surface area contributed by atoms with E-state index in [1.165, 1.54) is 6.92 Å². The van der Waals surface area contributed by atoms with E-state index in [0.29, 0.717) is 13.1 Å². The highest BCUT2D eigenvalue weighted by Crippen LogP contribution is 2.16. The largest absolute Gasteiger partial charge is 0.352 e. The van der Waals surface area contributed by atoms with E-state index in [1.54, 1.807) is 4.90 Å². The minimum absolute atomic E-state index is 0.0215. The third kappa shape index (κ3) is 4.19. The molecular formula is C15H22N4O2. The van der Waals surface area contributed by atoms with Crippen molar-refractivity contribution in [1.29, 1.82) is 0 Å². The molecule has 6 nitrogen and oxygen atoms in total. The van der Waals surface area contributed by atoms with Crippen molar-refractivity contribution < 1.29 is 9.59 Å². The van der Waals surface area contributed by atoms with Gasteiger partial charge in [0.15, 0.2) is 0 Å². The number of nitrogens with zero attached hydrogens (tertiary/aromatic N) is 1. The van der Waals surface area contributed by atoms with Crippen LogP contribution in [0.25, 0.3) is 0 Å². The number of anilines is 1. The summed E-state index contributed by atoms with van der Waals surface area (Å²) in [6.07, 6.45) is 0.788. The van der Waals surface area contributed by atoms with Gasteiger partial charge >= 0.3 is 6.03 Å². The Morgan fingerprint density at radius 3 is 2.57 bits per heavy atom. The molecule has 6 heteroatoms. The van der Waals surface area contributed by atoms with Crippen molar-refractivity contribution in [2.24, 2.45) is 5.73 Å². The number of likely N-dealkylation sites (tertiary alicyclic amines) is 1. The smallest absolute Gasteiger partial charge is 0.321 e. The molecule has 1 aliphatic heterocycles. The Morgan fingerprint density at radius 1 is 1.33 bits per heavy atom. The predicted octanol–water partition coefficient (Wildman–Crippen LogP) is 1.45. The summed E-state index contributed by atoms with van der Waals surface area (Å²) in [6, 6.07) is 7.39. The standard InChI is InChI=1S/C15H22N4O2/c1-10(16)12-3-5-13(6-4-12)18-15(21)19-8-7-14(9-19)17-11(2)20/h3-6,10,14H,7-9,16H2,1-2H3,(H,17,20)(H,18,21). The Morgan fingerprint density at radius 2 is 2.00 bits per heavy atom. The molecule has 1 heterocycles. The SMILES string of the molecule is CC(=O)NC1CCN(C(=O)Nc2ccc(C(C)N)cc2)C1. The zero-order chi connectivity index (χ0) is 15.4. The topological polar surface area (TPSA) is 87.5 Å². The van der Waals surface area contributed by atoms with E-state index >= 15 is 0 Å². The molecule has 3 amide bonds. The summed E-state index contributed by atoms with van der Waals surface area (Å²) in [7, 11) is 0. The third-order valence-corrected chi connectivity index (χ3v) is 3.57.